The zero-order chi connectivity index (χ0) is 23.9. The molecule has 182 valence electrons. The molecule has 3 aromatic rings. The fourth-order valence-corrected chi connectivity index (χ4v) is 6.23. The number of aliphatic carboxylic acids is 1. The van der Waals surface area contributed by atoms with Gasteiger partial charge in [-0.3, -0.25) is 9.78 Å². The third-order valence-electron chi connectivity index (χ3n) is 6.99. The minimum atomic E-state index is -0.651. The van der Waals surface area contributed by atoms with Crippen LogP contribution in [0.15, 0.2) is 42.6 Å². The zero-order valence-electron chi connectivity index (χ0n) is 19.7. The van der Waals surface area contributed by atoms with Crippen molar-refractivity contribution in [3.8, 4) is 5.75 Å². The number of ether oxygens (including phenoxy) is 1. The molecule has 2 atom stereocenters. The maximum atomic E-state index is 12.0. The number of hydrogen-bond acceptors (Lipinski definition) is 5. The summed E-state index contributed by atoms with van der Waals surface area (Å²) in [4.78, 5) is 20.2. The molecular weight excluding hydrogens is 468 g/mol. The smallest absolute Gasteiger partial charge is 0.308 e. The summed E-state index contributed by atoms with van der Waals surface area (Å²) in [5.74, 6) is 0.144. The summed E-state index contributed by atoms with van der Waals surface area (Å²) in [5.41, 5.74) is 2.22. The Kier molecular flexibility index (Phi) is 8.81. The van der Waals surface area contributed by atoms with E-state index in [-0.39, 0.29) is 11.8 Å². The van der Waals surface area contributed by atoms with Crippen LogP contribution in [0.5, 0.6) is 5.75 Å². The van der Waals surface area contributed by atoms with E-state index in [0.717, 1.165) is 79.0 Å². The molecule has 1 fully saturated rings. The quantitative estimate of drug-likeness (QED) is 0.312. The Bertz CT molecular complexity index is 1100. The molecule has 0 saturated carbocycles. The molecular formula is C27H33ClN2O3S. The number of thiophene rings is 1. The van der Waals surface area contributed by atoms with E-state index in [9.17, 15) is 9.90 Å². The number of unbranched alkanes of at least 4 members (excludes halogenated alkanes) is 1. The van der Waals surface area contributed by atoms with Crippen LogP contribution < -0.4 is 4.74 Å². The normalized spacial score (nSPS) is 18.9. The van der Waals surface area contributed by atoms with Crippen molar-refractivity contribution in [2.75, 3.05) is 26.7 Å². The van der Waals surface area contributed by atoms with Gasteiger partial charge in [0.05, 0.1) is 22.9 Å². The Morgan fingerprint density at radius 3 is 2.85 bits per heavy atom. The number of halogens is 1. The largest absolute Gasteiger partial charge is 0.497 e. The lowest BCUT2D eigenvalue weighted by molar-refractivity contribution is -0.146. The van der Waals surface area contributed by atoms with Crippen LogP contribution in [0.2, 0.25) is 4.34 Å². The van der Waals surface area contributed by atoms with Crippen molar-refractivity contribution in [2.45, 2.75) is 44.9 Å². The zero-order valence-corrected chi connectivity index (χ0v) is 21.3. The highest BCUT2D eigenvalue weighted by molar-refractivity contribution is 7.16. The topological polar surface area (TPSA) is 62.7 Å². The van der Waals surface area contributed by atoms with Gasteiger partial charge in [-0.1, -0.05) is 11.6 Å². The number of aryl methyl sites for hydroxylation is 2. The Morgan fingerprint density at radius 2 is 2.09 bits per heavy atom. The van der Waals surface area contributed by atoms with E-state index in [1.807, 2.05) is 30.5 Å². The summed E-state index contributed by atoms with van der Waals surface area (Å²) in [6.45, 7) is 2.63. The molecule has 0 spiro atoms. The number of hydrogen-bond donors (Lipinski definition) is 1. The van der Waals surface area contributed by atoms with E-state index in [0.29, 0.717) is 6.54 Å². The van der Waals surface area contributed by atoms with E-state index in [4.69, 9.17) is 16.3 Å². The number of carbonyl (C=O) groups is 1. The number of nitrogens with zero attached hydrogens (tertiary/aromatic N) is 2. The summed E-state index contributed by atoms with van der Waals surface area (Å²) < 4.78 is 6.23. The van der Waals surface area contributed by atoms with Crippen LogP contribution in [0.1, 0.15) is 42.5 Å². The molecule has 1 aliphatic heterocycles. The van der Waals surface area contributed by atoms with E-state index in [1.54, 1.807) is 18.4 Å². The summed E-state index contributed by atoms with van der Waals surface area (Å²) in [6.07, 6.45) is 8.91. The molecule has 1 saturated heterocycles. The highest BCUT2D eigenvalue weighted by Gasteiger charge is 2.33. The first-order valence-corrected chi connectivity index (χ1v) is 13.3. The molecule has 0 unspecified atom stereocenters. The van der Waals surface area contributed by atoms with Crippen LogP contribution in [0.3, 0.4) is 0 Å². The number of carboxylic acids is 1. The lowest BCUT2D eigenvalue weighted by atomic mass is 9.81. The average molecular weight is 501 g/mol. The number of carboxylic acid groups (broad SMARTS) is 1. The predicted molar refractivity (Wildman–Crippen MR) is 139 cm³/mol. The van der Waals surface area contributed by atoms with Gasteiger partial charge in [-0.25, -0.2) is 0 Å². The molecule has 0 amide bonds. The maximum Gasteiger partial charge on any atom is 0.308 e. The van der Waals surface area contributed by atoms with Crippen LogP contribution in [0.25, 0.3) is 10.9 Å². The Balaban J connectivity index is 1.26. The summed E-state index contributed by atoms with van der Waals surface area (Å²) in [7, 11) is 1.68. The van der Waals surface area contributed by atoms with Gasteiger partial charge in [0.25, 0.3) is 0 Å². The van der Waals surface area contributed by atoms with Crippen LogP contribution in [-0.2, 0) is 17.6 Å². The summed E-state index contributed by atoms with van der Waals surface area (Å²) in [5, 5.41) is 11.0. The van der Waals surface area contributed by atoms with Crippen LogP contribution in [-0.4, -0.2) is 47.7 Å². The molecule has 5 nitrogen and oxygen atoms in total. The number of methoxy groups -OCH3 is 1. The van der Waals surface area contributed by atoms with Crippen LogP contribution in [0, 0.1) is 11.8 Å². The lowest BCUT2D eigenvalue weighted by Gasteiger charge is -2.36. The first kappa shape index (κ1) is 25.0. The number of fused-ring (bicyclic) bond motifs is 1. The van der Waals surface area contributed by atoms with Gasteiger partial charge in [-0.2, -0.15) is 0 Å². The Labute approximate surface area is 210 Å². The molecule has 0 aliphatic carbocycles. The van der Waals surface area contributed by atoms with Gasteiger partial charge < -0.3 is 14.7 Å². The fourth-order valence-electron chi connectivity index (χ4n) is 5.10. The number of rotatable bonds is 11. The van der Waals surface area contributed by atoms with Crippen LogP contribution >= 0.6 is 22.9 Å². The summed E-state index contributed by atoms with van der Waals surface area (Å²) >= 11 is 7.66. The minimum absolute atomic E-state index is 0.240. The van der Waals surface area contributed by atoms with E-state index >= 15 is 0 Å². The van der Waals surface area contributed by atoms with Crippen LogP contribution in [0.4, 0.5) is 0 Å². The van der Waals surface area contributed by atoms with Crippen molar-refractivity contribution >= 4 is 39.8 Å². The van der Waals surface area contributed by atoms with Gasteiger partial charge in [0.2, 0.25) is 0 Å². The van der Waals surface area contributed by atoms with Crippen molar-refractivity contribution in [1.82, 2.24) is 9.88 Å². The molecule has 1 aliphatic rings. The molecule has 1 aromatic carbocycles. The first-order chi connectivity index (χ1) is 16.5. The van der Waals surface area contributed by atoms with Crippen molar-refractivity contribution in [3.63, 3.8) is 0 Å². The van der Waals surface area contributed by atoms with E-state index in [1.165, 1.54) is 10.4 Å². The third kappa shape index (κ3) is 6.49. The SMILES string of the molecule is COc1ccc2nccc(CCC[C@@H]3CCN(CCCCc4ccc(Cl)s4)C[C@@H]3C(=O)O)c2c1. The van der Waals surface area contributed by atoms with Gasteiger partial charge in [0.1, 0.15) is 5.75 Å². The standard InChI is InChI=1S/C27H33ClN2O3S/c1-33-21-8-10-25-23(17-21)19(12-14-29-25)5-4-6-20-13-16-30(18-24(20)27(31)32)15-3-2-7-22-9-11-26(28)34-22/h8-12,14,17,20,24H,2-7,13,15-16,18H2,1H3,(H,31,32)/t20-,24+/m1/s1. The van der Waals surface area contributed by atoms with Crippen molar-refractivity contribution in [2.24, 2.45) is 11.8 Å². The lowest BCUT2D eigenvalue weighted by Crippen LogP contribution is -2.44. The second kappa shape index (κ2) is 12.0. The molecule has 2 aromatic heterocycles. The molecule has 7 heteroatoms. The minimum Gasteiger partial charge on any atom is -0.497 e. The van der Waals surface area contributed by atoms with Crippen molar-refractivity contribution in [1.29, 1.82) is 0 Å². The highest BCUT2D eigenvalue weighted by Crippen LogP contribution is 2.30. The van der Waals surface area contributed by atoms with Gasteiger partial charge in [-0.05, 0) is 106 Å². The van der Waals surface area contributed by atoms with Gasteiger partial charge in [-0.15, -0.1) is 11.3 Å². The maximum absolute atomic E-state index is 12.0. The number of benzene rings is 1. The molecule has 34 heavy (non-hydrogen) atoms. The van der Waals surface area contributed by atoms with Gasteiger partial charge in [0, 0.05) is 23.0 Å². The average Bonchev–Trinajstić information content (AvgIpc) is 3.27. The number of likely N-dealkylation sites (tertiary alicyclic amines) is 1. The van der Waals surface area contributed by atoms with Crippen molar-refractivity contribution in [3.05, 3.63) is 57.4 Å². The molecule has 4 rings (SSSR count). The Morgan fingerprint density at radius 1 is 1.21 bits per heavy atom. The van der Waals surface area contributed by atoms with Gasteiger partial charge >= 0.3 is 5.97 Å². The Hall–Kier alpha value is -2.15. The second-order valence-corrected chi connectivity index (χ2v) is 11.0. The fraction of sp³-hybridized carbons (Fsp3) is 0.481. The first-order valence-electron chi connectivity index (χ1n) is 12.1. The van der Waals surface area contributed by atoms with Gasteiger partial charge in [0.15, 0.2) is 0 Å². The molecule has 3 heterocycles. The second-order valence-electron chi connectivity index (χ2n) is 9.20. The predicted octanol–water partition coefficient (Wildman–Crippen LogP) is 6.33. The summed E-state index contributed by atoms with van der Waals surface area (Å²) in [6, 6.07) is 12.1. The third-order valence-corrected chi connectivity index (χ3v) is 8.28. The molecule has 0 radical (unpaired) electrons. The van der Waals surface area contributed by atoms with E-state index in [2.05, 4.69) is 22.0 Å². The number of piperidine rings is 1. The highest BCUT2D eigenvalue weighted by atomic mass is 35.5. The number of pyridine rings is 1. The van der Waals surface area contributed by atoms with Crippen molar-refractivity contribution < 1.29 is 14.6 Å². The monoisotopic (exact) mass is 500 g/mol. The van der Waals surface area contributed by atoms with E-state index < -0.39 is 5.97 Å². The molecule has 1 N–H and O–H groups in total. The molecule has 0 bridgehead atoms. The number of aromatic nitrogens is 1.